The molecule has 0 aromatic heterocycles. The monoisotopic (exact) mass is 283 g/mol. The van der Waals surface area contributed by atoms with Gasteiger partial charge in [0.1, 0.15) is 0 Å². The van der Waals surface area contributed by atoms with Crippen LogP contribution in [0.1, 0.15) is 32.3 Å². The first-order valence-corrected chi connectivity index (χ1v) is 7.16. The Morgan fingerprint density at radius 2 is 1.81 bits per heavy atom. The number of rotatable bonds is 6. The van der Waals surface area contributed by atoms with Gasteiger partial charge in [-0.1, -0.05) is 53.2 Å². The van der Waals surface area contributed by atoms with Gasteiger partial charge < -0.3 is 4.90 Å². The second kappa shape index (κ2) is 7.08. The van der Waals surface area contributed by atoms with Crippen molar-refractivity contribution in [1.29, 1.82) is 0 Å². The molecule has 16 heavy (non-hydrogen) atoms. The van der Waals surface area contributed by atoms with E-state index in [9.17, 15) is 0 Å². The second-order valence-corrected chi connectivity index (χ2v) is 5.09. The topological polar surface area (TPSA) is 3.24 Å². The summed E-state index contributed by atoms with van der Waals surface area (Å²) < 4.78 is 0. The average Bonchev–Trinajstić information content (AvgIpc) is 2.31. The SMILES string of the molecule is CCN(CC(CBr)c1ccccc1)C(C)C. The van der Waals surface area contributed by atoms with Crippen molar-refractivity contribution < 1.29 is 0 Å². The van der Waals surface area contributed by atoms with E-state index in [0.29, 0.717) is 12.0 Å². The van der Waals surface area contributed by atoms with E-state index in [2.05, 4.69) is 71.9 Å². The molecule has 1 atom stereocenters. The van der Waals surface area contributed by atoms with E-state index in [1.54, 1.807) is 0 Å². The third-order valence-electron chi connectivity index (χ3n) is 3.05. The van der Waals surface area contributed by atoms with Crippen molar-refractivity contribution in [3.05, 3.63) is 35.9 Å². The highest BCUT2D eigenvalue weighted by Gasteiger charge is 2.15. The maximum absolute atomic E-state index is 3.63. The first kappa shape index (κ1) is 13.7. The summed E-state index contributed by atoms with van der Waals surface area (Å²) in [5.74, 6) is 0.587. The molecule has 0 heterocycles. The van der Waals surface area contributed by atoms with E-state index >= 15 is 0 Å². The number of halogens is 1. The summed E-state index contributed by atoms with van der Waals surface area (Å²) in [6.07, 6.45) is 0. The van der Waals surface area contributed by atoms with Gasteiger partial charge in [-0.2, -0.15) is 0 Å². The van der Waals surface area contributed by atoms with Crippen molar-refractivity contribution in [3.63, 3.8) is 0 Å². The predicted octanol–water partition coefficient (Wildman–Crippen LogP) is 3.90. The van der Waals surface area contributed by atoms with Crippen LogP contribution in [0.15, 0.2) is 30.3 Å². The van der Waals surface area contributed by atoms with Gasteiger partial charge in [0.2, 0.25) is 0 Å². The van der Waals surface area contributed by atoms with Crippen molar-refractivity contribution >= 4 is 15.9 Å². The van der Waals surface area contributed by atoms with Gasteiger partial charge in [-0.25, -0.2) is 0 Å². The first-order chi connectivity index (χ1) is 7.69. The summed E-state index contributed by atoms with van der Waals surface area (Å²) in [5.41, 5.74) is 1.43. The molecule has 0 radical (unpaired) electrons. The molecule has 0 fully saturated rings. The quantitative estimate of drug-likeness (QED) is 0.716. The van der Waals surface area contributed by atoms with E-state index in [0.717, 1.165) is 18.4 Å². The standard InChI is InChI=1S/C14H22BrN/c1-4-16(12(2)3)11-14(10-15)13-8-6-5-7-9-13/h5-9,12,14H,4,10-11H2,1-3H3. The van der Waals surface area contributed by atoms with Crippen LogP contribution in [0.4, 0.5) is 0 Å². The molecule has 0 aliphatic rings. The highest BCUT2D eigenvalue weighted by atomic mass is 79.9. The Morgan fingerprint density at radius 3 is 2.25 bits per heavy atom. The van der Waals surface area contributed by atoms with E-state index in [1.807, 2.05) is 0 Å². The fraction of sp³-hybridized carbons (Fsp3) is 0.571. The average molecular weight is 284 g/mol. The van der Waals surface area contributed by atoms with Crippen molar-refractivity contribution in [2.24, 2.45) is 0 Å². The molecule has 1 aromatic rings. The van der Waals surface area contributed by atoms with Gasteiger partial charge in [0.25, 0.3) is 0 Å². The lowest BCUT2D eigenvalue weighted by atomic mass is 10.0. The molecule has 0 saturated heterocycles. The third-order valence-corrected chi connectivity index (χ3v) is 3.83. The molecule has 0 saturated carbocycles. The van der Waals surface area contributed by atoms with Gasteiger partial charge in [-0.3, -0.25) is 0 Å². The Morgan fingerprint density at radius 1 is 1.19 bits per heavy atom. The summed E-state index contributed by atoms with van der Waals surface area (Å²) in [6, 6.07) is 11.4. The highest BCUT2D eigenvalue weighted by molar-refractivity contribution is 9.09. The number of likely N-dealkylation sites (N-methyl/N-ethyl adjacent to an activating group) is 1. The highest BCUT2D eigenvalue weighted by Crippen LogP contribution is 2.20. The molecular formula is C14H22BrN. The predicted molar refractivity (Wildman–Crippen MR) is 75.4 cm³/mol. The third kappa shape index (κ3) is 3.91. The lowest BCUT2D eigenvalue weighted by molar-refractivity contribution is 0.224. The Labute approximate surface area is 108 Å². The number of nitrogens with zero attached hydrogens (tertiary/aromatic N) is 1. The van der Waals surface area contributed by atoms with Crippen LogP contribution < -0.4 is 0 Å². The number of benzene rings is 1. The lowest BCUT2D eigenvalue weighted by Gasteiger charge is -2.29. The van der Waals surface area contributed by atoms with Crippen LogP contribution in [-0.2, 0) is 0 Å². The van der Waals surface area contributed by atoms with Gasteiger partial charge >= 0.3 is 0 Å². The van der Waals surface area contributed by atoms with Gasteiger partial charge in [0, 0.05) is 23.8 Å². The molecule has 1 rings (SSSR count). The molecule has 0 aliphatic heterocycles. The van der Waals surface area contributed by atoms with E-state index < -0.39 is 0 Å². The van der Waals surface area contributed by atoms with Crippen LogP contribution in [0, 0.1) is 0 Å². The molecule has 0 spiro atoms. The van der Waals surface area contributed by atoms with Crippen LogP contribution in [0.2, 0.25) is 0 Å². The van der Waals surface area contributed by atoms with Gasteiger partial charge in [0.05, 0.1) is 0 Å². The minimum atomic E-state index is 0.587. The Balaban J connectivity index is 2.68. The van der Waals surface area contributed by atoms with Crippen LogP contribution in [-0.4, -0.2) is 29.4 Å². The van der Waals surface area contributed by atoms with Crippen LogP contribution >= 0.6 is 15.9 Å². The fourth-order valence-corrected chi connectivity index (χ4v) is 2.54. The molecule has 1 aromatic carbocycles. The maximum Gasteiger partial charge on any atom is 0.0112 e. The van der Waals surface area contributed by atoms with Crippen LogP contribution in [0.5, 0.6) is 0 Å². The smallest absolute Gasteiger partial charge is 0.0112 e. The van der Waals surface area contributed by atoms with Gasteiger partial charge in [0.15, 0.2) is 0 Å². The molecule has 0 N–H and O–H groups in total. The fourth-order valence-electron chi connectivity index (χ4n) is 1.96. The molecular weight excluding hydrogens is 262 g/mol. The summed E-state index contributed by atoms with van der Waals surface area (Å²) in [4.78, 5) is 2.51. The molecule has 90 valence electrons. The summed E-state index contributed by atoms with van der Waals surface area (Å²) >= 11 is 3.63. The molecule has 0 aliphatic carbocycles. The Bertz CT molecular complexity index is 284. The zero-order chi connectivity index (χ0) is 12.0. The molecule has 2 heteroatoms. The zero-order valence-corrected chi connectivity index (χ0v) is 12.1. The summed E-state index contributed by atoms with van der Waals surface area (Å²) in [7, 11) is 0. The largest absolute Gasteiger partial charge is 0.301 e. The molecule has 0 amide bonds. The molecule has 0 bridgehead atoms. The Hall–Kier alpha value is -0.340. The van der Waals surface area contributed by atoms with Gasteiger partial charge in [-0.05, 0) is 26.0 Å². The minimum Gasteiger partial charge on any atom is -0.301 e. The maximum atomic E-state index is 3.63. The minimum absolute atomic E-state index is 0.587. The van der Waals surface area contributed by atoms with E-state index in [-0.39, 0.29) is 0 Å². The van der Waals surface area contributed by atoms with Crippen LogP contribution in [0.3, 0.4) is 0 Å². The Kier molecular flexibility index (Phi) is 6.07. The zero-order valence-electron chi connectivity index (χ0n) is 10.5. The van der Waals surface area contributed by atoms with Crippen LogP contribution in [0.25, 0.3) is 0 Å². The lowest BCUT2D eigenvalue weighted by Crippen LogP contribution is -2.34. The second-order valence-electron chi connectivity index (χ2n) is 4.44. The number of alkyl halides is 1. The van der Waals surface area contributed by atoms with Gasteiger partial charge in [-0.15, -0.1) is 0 Å². The number of hydrogen-bond donors (Lipinski definition) is 0. The normalized spacial score (nSPS) is 13.4. The van der Waals surface area contributed by atoms with Crippen molar-refractivity contribution in [1.82, 2.24) is 4.90 Å². The van der Waals surface area contributed by atoms with Crippen molar-refractivity contribution in [2.75, 3.05) is 18.4 Å². The summed E-state index contributed by atoms with van der Waals surface area (Å²) in [5, 5.41) is 1.03. The summed E-state index contributed by atoms with van der Waals surface area (Å²) in [6.45, 7) is 9.01. The molecule has 1 unspecified atom stereocenters. The molecule has 1 nitrogen and oxygen atoms in total. The van der Waals surface area contributed by atoms with Crippen molar-refractivity contribution in [3.8, 4) is 0 Å². The van der Waals surface area contributed by atoms with Crippen molar-refractivity contribution in [2.45, 2.75) is 32.7 Å². The van der Waals surface area contributed by atoms with E-state index in [1.165, 1.54) is 5.56 Å². The first-order valence-electron chi connectivity index (χ1n) is 6.04. The number of hydrogen-bond acceptors (Lipinski definition) is 1. The van der Waals surface area contributed by atoms with E-state index in [4.69, 9.17) is 0 Å².